The summed E-state index contributed by atoms with van der Waals surface area (Å²) in [6.07, 6.45) is 1.93. The van der Waals surface area contributed by atoms with Crippen LogP contribution >= 0.6 is 11.6 Å². The molecule has 5 nitrogen and oxygen atoms in total. The molecule has 1 unspecified atom stereocenters. The average molecular weight is 269 g/mol. The van der Waals surface area contributed by atoms with E-state index in [9.17, 15) is 9.59 Å². The maximum absolute atomic E-state index is 11.9. The number of pyridine rings is 1. The minimum Gasteiger partial charge on any atom is -0.465 e. The molecule has 96 valence electrons. The van der Waals surface area contributed by atoms with E-state index in [1.54, 1.807) is 18.3 Å². The van der Waals surface area contributed by atoms with Gasteiger partial charge in [0.15, 0.2) is 0 Å². The Hall–Kier alpha value is -1.62. The van der Waals surface area contributed by atoms with Crippen LogP contribution in [0.15, 0.2) is 18.3 Å². The van der Waals surface area contributed by atoms with Crippen molar-refractivity contribution in [1.29, 1.82) is 0 Å². The van der Waals surface area contributed by atoms with Crippen molar-refractivity contribution in [2.75, 3.05) is 24.4 Å². The van der Waals surface area contributed by atoms with Crippen LogP contribution in [0.25, 0.3) is 0 Å². The summed E-state index contributed by atoms with van der Waals surface area (Å²) in [6.45, 7) is 0.489. The number of rotatable bonds is 3. The molecule has 1 fully saturated rings. The summed E-state index contributed by atoms with van der Waals surface area (Å²) in [5.74, 6) is 0.307. The Bertz CT molecular complexity index is 478. The molecule has 6 heteroatoms. The van der Waals surface area contributed by atoms with Gasteiger partial charge in [-0.25, -0.2) is 9.78 Å². The first-order valence-corrected chi connectivity index (χ1v) is 6.10. The normalized spacial score (nSPS) is 19.1. The molecule has 1 saturated heterocycles. The molecular formula is C12H13ClN2O3. The van der Waals surface area contributed by atoms with Crippen molar-refractivity contribution in [3.05, 3.63) is 23.9 Å². The summed E-state index contributed by atoms with van der Waals surface area (Å²) < 4.78 is 4.68. The van der Waals surface area contributed by atoms with Crippen LogP contribution in [-0.2, 0) is 9.53 Å². The number of nitrogens with zero attached hydrogens (tertiary/aromatic N) is 2. The van der Waals surface area contributed by atoms with Crippen LogP contribution in [0.5, 0.6) is 0 Å². The third kappa shape index (κ3) is 2.31. The van der Waals surface area contributed by atoms with Gasteiger partial charge in [-0.05, 0) is 18.1 Å². The average Bonchev–Trinajstić information content (AvgIpc) is 2.79. The molecule has 18 heavy (non-hydrogen) atoms. The first-order valence-electron chi connectivity index (χ1n) is 5.57. The Balaban J connectivity index is 2.34. The predicted octanol–water partition coefficient (Wildman–Crippen LogP) is 1.46. The first-order chi connectivity index (χ1) is 8.67. The molecular weight excluding hydrogens is 256 g/mol. The number of ether oxygens (including phenoxy) is 1. The van der Waals surface area contributed by atoms with Gasteiger partial charge in [-0.3, -0.25) is 9.69 Å². The molecule has 0 saturated carbocycles. The number of carbonyl (C=O) groups excluding carboxylic acids is 2. The molecule has 2 rings (SSSR count). The number of amides is 1. The molecule has 1 aliphatic heterocycles. The molecule has 0 aromatic carbocycles. The monoisotopic (exact) mass is 268 g/mol. The maximum Gasteiger partial charge on any atom is 0.341 e. The summed E-state index contributed by atoms with van der Waals surface area (Å²) >= 11 is 5.76. The van der Waals surface area contributed by atoms with Crippen LogP contribution in [0.1, 0.15) is 16.8 Å². The minimum atomic E-state index is -0.500. The Morgan fingerprint density at radius 1 is 1.67 bits per heavy atom. The molecule has 0 radical (unpaired) electrons. The SMILES string of the molecule is COC(=O)c1cccnc1N1CC(CCl)CC1=O. The highest BCUT2D eigenvalue weighted by atomic mass is 35.5. The number of halogens is 1. The lowest BCUT2D eigenvalue weighted by Gasteiger charge is -2.17. The second-order valence-corrected chi connectivity index (χ2v) is 4.40. The molecule has 0 spiro atoms. The zero-order chi connectivity index (χ0) is 13.1. The van der Waals surface area contributed by atoms with E-state index >= 15 is 0 Å². The highest BCUT2D eigenvalue weighted by molar-refractivity contribution is 6.18. The number of esters is 1. The van der Waals surface area contributed by atoms with Crippen molar-refractivity contribution in [3.8, 4) is 0 Å². The molecule has 1 aromatic heterocycles. The summed E-state index contributed by atoms with van der Waals surface area (Å²) in [5.41, 5.74) is 0.295. The number of hydrogen-bond donors (Lipinski definition) is 0. The lowest BCUT2D eigenvalue weighted by atomic mass is 10.1. The number of alkyl halides is 1. The van der Waals surface area contributed by atoms with Crippen LogP contribution < -0.4 is 4.90 Å². The van der Waals surface area contributed by atoms with Crippen molar-refractivity contribution in [3.63, 3.8) is 0 Å². The van der Waals surface area contributed by atoms with E-state index in [0.717, 1.165) is 0 Å². The Kier molecular flexibility index (Phi) is 3.81. The van der Waals surface area contributed by atoms with Crippen molar-refractivity contribution >= 4 is 29.3 Å². The maximum atomic E-state index is 11.9. The van der Waals surface area contributed by atoms with Gasteiger partial charge in [-0.15, -0.1) is 11.6 Å². The lowest BCUT2D eigenvalue weighted by molar-refractivity contribution is -0.117. The van der Waals surface area contributed by atoms with Crippen LogP contribution in [0, 0.1) is 5.92 Å². The topological polar surface area (TPSA) is 59.5 Å². The highest BCUT2D eigenvalue weighted by Gasteiger charge is 2.33. The predicted molar refractivity (Wildman–Crippen MR) is 66.8 cm³/mol. The minimum absolute atomic E-state index is 0.0653. The van der Waals surface area contributed by atoms with Gasteiger partial charge in [0.2, 0.25) is 5.91 Å². The van der Waals surface area contributed by atoms with E-state index in [0.29, 0.717) is 30.2 Å². The van der Waals surface area contributed by atoms with E-state index in [4.69, 9.17) is 11.6 Å². The van der Waals surface area contributed by atoms with E-state index < -0.39 is 5.97 Å². The zero-order valence-corrected chi connectivity index (χ0v) is 10.7. The summed E-state index contributed by atoms with van der Waals surface area (Å²) in [6, 6.07) is 3.23. The molecule has 1 aliphatic rings. The highest BCUT2D eigenvalue weighted by Crippen LogP contribution is 2.27. The van der Waals surface area contributed by atoms with E-state index in [2.05, 4.69) is 9.72 Å². The number of carbonyl (C=O) groups is 2. The van der Waals surface area contributed by atoms with Gasteiger partial charge in [0.1, 0.15) is 11.4 Å². The quantitative estimate of drug-likeness (QED) is 0.615. The van der Waals surface area contributed by atoms with Crippen LogP contribution in [-0.4, -0.2) is 36.4 Å². The molecule has 1 atom stereocenters. The van der Waals surface area contributed by atoms with Gasteiger partial charge in [-0.2, -0.15) is 0 Å². The molecule has 1 aromatic rings. The van der Waals surface area contributed by atoms with Crippen molar-refractivity contribution in [2.24, 2.45) is 5.92 Å². The lowest BCUT2D eigenvalue weighted by Crippen LogP contribution is -2.28. The standard InChI is InChI=1S/C12H13ClN2O3/c1-18-12(17)9-3-2-4-14-11(9)15-7-8(6-13)5-10(15)16/h2-4,8H,5-7H2,1H3. The van der Waals surface area contributed by atoms with Crippen LogP contribution in [0.2, 0.25) is 0 Å². The van der Waals surface area contributed by atoms with Crippen LogP contribution in [0.4, 0.5) is 5.82 Å². The Labute approximate surface area is 110 Å². The molecule has 0 N–H and O–H groups in total. The first kappa shape index (κ1) is 12.8. The second kappa shape index (κ2) is 5.35. The number of anilines is 1. The third-order valence-corrected chi connectivity index (χ3v) is 3.31. The zero-order valence-electron chi connectivity index (χ0n) is 9.93. The summed E-state index contributed by atoms with van der Waals surface area (Å²) in [4.78, 5) is 29.1. The van der Waals surface area contributed by atoms with Gasteiger partial charge in [-0.1, -0.05) is 0 Å². The fraction of sp³-hybridized carbons (Fsp3) is 0.417. The Morgan fingerprint density at radius 3 is 3.06 bits per heavy atom. The largest absolute Gasteiger partial charge is 0.465 e. The summed E-state index contributed by atoms with van der Waals surface area (Å²) in [5, 5.41) is 0. The number of hydrogen-bond acceptors (Lipinski definition) is 4. The van der Waals surface area contributed by atoms with E-state index in [1.807, 2.05) is 0 Å². The molecule has 2 heterocycles. The van der Waals surface area contributed by atoms with E-state index in [-0.39, 0.29) is 11.8 Å². The Morgan fingerprint density at radius 2 is 2.44 bits per heavy atom. The summed E-state index contributed by atoms with van der Waals surface area (Å²) in [7, 11) is 1.30. The fourth-order valence-corrected chi connectivity index (χ4v) is 2.18. The van der Waals surface area contributed by atoms with Crippen molar-refractivity contribution < 1.29 is 14.3 Å². The molecule has 1 amide bonds. The molecule has 0 bridgehead atoms. The third-order valence-electron chi connectivity index (χ3n) is 2.87. The number of methoxy groups -OCH3 is 1. The smallest absolute Gasteiger partial charge is 0.341 e. The fourth-order valence-electron chi connectivity index (χ4n) is 1.97. The van der Waals surface area contributed by atoms with Gasteiger partial charge in [0.05, 0.1) is 7.11 Å². The number of aromatic nitrogens is 1. The van der Waals surface area contributed by atoms with Crippen molar-refractivity contribution in [2.45, 2.75) is 6.42 Å². The van der Waals surface area contributed by atoms with Crippen molar-refractivity contribution in [1.82, 2.24) is 4.98 Å². The van der Waals surface area contributed by atoms with Crippen LogP contribution in [0.3, 0.4) is 0 Å². The van der Waals surface area contributed by atoms with Gasteiger partial charge in [0, 0.05) is 25.0 Å². The second-order valence-electron chi connectivity index (χ2n) is 4.09. The van der Waals surface area contributed by atoms with Gasteiger partial charge >= 0.3 is 5.97 Å². The van der Waals surface area contributed by atoms with Gasteiger partial charge in [0.25, 0.3) is 0 Å². The van der Waals surface area contributed by atoms with E-state index in [1.165, 1.54) is 12.0 Å². The molecule has 0 aliphatic carbocycles. The van der Waals surface area contributed by atoms with Gasteiger partial charge < -0.3 is 4.74 Å².